The van der Waals surface area contributed by atoms with Crippen LogP contribution in [-0.4, -0.2) is 27.3 Å². The van der Waals surface area contributed by atoms with Crippen molar-refractivity contribution in [1.29, 1.82) is 0 Å². The third kappa shape index (κ3) is 5.40. The molecule has 7 nitrogen and oxygen atoms in total. The van der Waals surface area contributed by atoms with Crippen LogP contribution in [0.25, 0.3) is 22.0 Å². The summed E-state index contributed by atoms with van der Waals surface area (Å²) < 4.78 is 8.68. The minimum Gasteiger partial charge on any atom is -0.380 e. The first-order valence-electron chi connectivity index (χ1n) is 11.5. The van der Waals surface area contributed by atoms with Crippen molar-refractivity contribution in [3.8, 4) is 11.1 Å². The number of aryl methyl sites for hydroxylation is 3. The third-order valence-electron chi connectivity index (χ3n) is 6.37. The number of ether oxygens (including phenoxy) is 1. The summed E-state index contributed by atoms with van der Waals surface area (Å²) in [5.74, 6) is 0.672. The first kappa shape index (κ1) is 24.9. The normalized spacial score (nSPS) is 12.3. The molecular weight excluding hydrogens is 460 g/mol. The number of rotatable bonds is 8. The lowest BCUT2D eigenvalue weighted by molar-refractivity contribution is 0.102. The fourth-order valence-electron chi connectivity index (χ4n) is 4.23. The summed E-state index contributed by atoms with van der Waals surface area (Å²) in [5, 5.41) is 6.23. The molecule has 2 aromatic heterocycles. The lowest BCUT2D eigenvalue weighted by Crippen LogP contribution is -2.25. The summed E-state index contributed by atoms with van der Waals surface area (Å²) >= 11 is 1.23. The molecule has 0 aliphatic carbocycles. The molecule has 0 bridgehead atoms. The number of hydrogen-bond acceptors (Lipinski definition) is 6. The summed E-state index contributed by atoms with van der Waals surface area (Å²) in [6.07, 6.45) is 2.47. The van der Waals surface area contributed by atoms with Crippen LogP contribution in [0.15, 0.2) is 69.2 Å². The van der Waals surface area contributed by atoms with E-state index in [0.717, 1.165) is 28.0 Å². The van der Waals surface area contributed by atoms with Gasteiger partial charge in [-0.15, -0.1) is 0 Å². The average molecular weight is 491 g/mol. The Hall–Kier alpha value is -3.20. The Morgan fingerprint density at radius 1 is 1.06 bits per heavy atom. The van der Waals surface area contributed by atoms with Crippen LogP contribution in [0.1, 0.15) is 23.9 Å². The smallest absolute Gasteiger partial charge is 0.261 e. The molecule has 0 aliphatic rings. The van der Waals surface area contributed by atoms with E-state index in [4.69, 9.17) is 14.9 Å². The molecule has 0 fully saturated rings. The third-order valence-corrected chi connectivity index (χ3v) is 6.90. The van der Waals surface area contributed by atoms with E-state index < -0.39 is 0 Å². The van der Waals surface area contributed by atoms with E-state index in [2.05, 4.69) is 19.1 Å². The highest BCUT2D eigenvalue weighted by Gasteiger charge is 2.12. The van der Waals surface area contributed by atoms with Gasteiger partial charge in [0, 0.05) is 30.8 Å². The molecule has 0 spiro atoms. The highest BCUT2D eigenvalue weighted by atomic mass is 32.2. The summed E-state index contributed by atoms with van der Waals surface area (Å²) in [4.78, 5) is 31.3. The minimum absolute atomic E-state index is 0.0512. The Bertz CT molecular complexity index is 1490. The van der Waals surface area contributed by atoms with Gasteiger partial charge in [0.15, 0.2) is 0 Å². The number of benzene rings is 2. The number of pyridine rings is 1. The number of aromatic nitrogens is 3. The molecule has 0 saturated carbocycles. The second kappa shape index (κ2) is 10.6. The molecule has 35 heavy (non-hydrogen) atoms. The van der Waals surface area contributed by atoms with Gasteiger partial charge in [-0.3, -0.25) is 19.3 Å². The molecule has 0 saturated heterocycles. The van der Waals surface area contributed by atoms with Crippen LogP contribution in [0.4, 0.5) is 0 Å². The molecule has 4 rings (SSSR count). The summed E-state index contributed by atoms with van der Waals surface area (Å²) in [5.41, 5.74) is 4.63. The molecule has 1 atom stereocenters. The van der Waals surface area contributed by atoms with Crippen LogP contribution in [-0.2, 0) is 24.2 Å². The molecule has 4 aromatic rings. The van der Waals surface area contributed by atoms with Gasteiger partial charge in [0.2, 0.25) is 0 Å². The van der Waals surface area contributed by atoms with Gasteiger partial charge in [-0.25, -0.2) is 4.98 Å². The average Bonchev–Trinajstić information content (AvgIpc) is 2.85. The van der Waals surface area contributed by atoms with Crippen molar-refractivity contribution in [1.82, 2.24) is 14.1 Å². The molecule has 1 unspecified atom stereocenters. The highest BCUT2D eigenvalue weighted by molar-refractivity contribution is 7.97. The minimum atomic E-state index is -0.0815. The van der Waals surface area contributed by atoms with Crippen molar-refractivity contribution in [3.05, 3.63) is 92.4 Å². The zero-order valence-corrected chi connectivity index (χ0v) is 21.3. The zero-order valence-electron chi connectivity index (χ0n) is 20.4. The Labute approximate surface area is 208 Å². The van der Waals surface area contributed by atoms with E-state index in [1.165, 1.54) is 17.5 Å². The quantitative estimate of drug-likeness (QED) is 0.374. The number of nitrogens with zero attached hydrogens (tertiary/aromatic N) is 3. The Balaban J connectivity index is 1.64. The second-order valence-electron chi connectivity index (χ2n) is 8.76. The molecule has 0 aliphatic heterocycles. The number of nitrogens with two attached hydrogens (primary N) is 1. The topological polar surface area (TPSA) is 92.1 Å². The van der Waals surface area contributed by atoms with E-state index >= 15 is 0 Å². The molecule has 8 heteroatoms. The maximum atomic E-state index is 13.3. The van der Waals surface area contributed by atoms with Crippen LogP contribution in [0.2, 0.25) is 0 Å². The number of fused-ring (bicyclic) bond motifs is 1. The van der Waals surface area contributed by atoms with Crippen LogP contribution in [0.5, 0.6) is 0 Å². The first-order valence-corrected chi connectivity index (χ1v) is 12.4. The lowest BCUT2D eigenvalue weighted by Gasteiger charge is -2.14. The maximum Gasteiger partial charge on any atom is 0.261 e. The van der Waals surface area contributed by atoms with Crippen molar-refractivity contribution in [2.75, 3.05) is 7.11 Å². The Kier molecular flexibility index (Phi) is 7.54. The summed E-state index contributed by atoms with van der Waals surface area (Å²) in [6.45, 7) is 6.85. The monoisotopic (exact) mass is 490 g/mol. The van der Waals surface area contributed by atoms with Crippen LogP contribution in [0.3, 0.4) is 0 Å². The van der Waals surface area contributed by atoms with Crippen LogP contribution < -0.4 is 16.3 Å². The highest BCUT2D eigenvalue weighted by Crippen LogP contribution is 2.22. The van der Waals surface area contributed by atoms with Gasteiger partial charge in [-0.2, -0.15) is 0 Å². The predicted octanol–water partition coefficient (Wildman–Crippen LogP) is 4.09. The van der Waals surface area contributed by atoms with E-state index in [9.17, 15) is 9.59 Å². The fourth-order valence-corrected chi connectivity index (χ4v) is 4.62. The summed E-state index contributed by atoms with van der Waals surface area (Å²) in [6, 6.07) is 15.1. The number of methoxy groups -OCH3 is 1. The van der Waals surface area contributed by atoms with E-state index in [1.807, 2.05) is 44.3 Å². The maximum absolute atomic E-state index is 13.3. The fraction of sp³-hybridized carbons (Fsp3) is 0.296. The predicted molar refractivity (Wildman–Crippen MR) is 142 cm³/mol. The molecule has 0 radical (unpaired) electrons. The Morgan fingerprint density at radius 2 is 1.83 bits per heavy atom. The van der Waals surface area contributed by atoms with Crippen molar-refractivity contribution in [3.63, 3.8) is 0 Å². The molecule has 0 amide bonds. The van der Waals surface area contributed by atoms with Crippen LogP contribution >= 0.6 is 11.9 Å². The van der Waals surface area contributed by atoms with Gasteiger partial charge in [0.25, 0.3) is 11.1 Å². The van der Waals surface area contributed by atoms with Gasteiger partial charge >= 0.3 is 0 Å². The van der Waals surface area contributed by atoms with E-state index in [0.29, 0.717) is 29.8 Å². The van der Waals surface area contributed by atoms with Crippen LogP contribution in [0, 0.1) is 13.8 Å². The molecular formula is C27H30N4O3S. The molecule has 2 heterocycles. The first-order chi connectivity index (χ1) is 16.8. The van der Waals surface area contributed by atoms with E-state index in [1.54, 1.807) is 28.4 Å². The zero-order chi connectivity index (χ0) is 25.1. The van der Waals surface area contributed by atoms with Crippen molar-refractivity contribution in [2.45, 2.75) is 51.3 Å². The van der Waals surface area contributed by atoms with E-state index in [-0.39, 0.29) is 17.2 Å². The van der Waals surface area contributed by atoms with Crippen molar-refractivity contribution < 1.29 is 4.74 Å². The molecule has 2 N–H and O–H groups in total. The molecule has 2 aromatic carbocycles. The molecule has 182 valence electrons. The van der Waals surface area contributed by atoms with Gasteiger partial charge in [-0.05, 0) is 91.7 Å². The van der Waals surface area contributed by atoms with Gasteiger partial charge < -0.3 is 9.30 Å². The SMILES string of the molecule is COC(C)Cn1cc(-c2ccc3c(=O)n(CCc4ccc(SN)cc4C)c(C)nc3c2)ccc1=O. The standard InChI is InChI=1S/C27H30N4O3S/c1-17-13-23(35-28)8-5-20(17)11-12-31-19(3)29-25-14-21(6-9-24(25)27(31)33)22-7-10-26(32)30(16-22)15-18(2)34-4/h5-10,13-14,16,18H,11-12,15,28H2,1-4H3. The van der Waals surface area contributed by atoms with Gasteiger partial charge in [0.05, 0.1) is 23.6 Å². The summed E-state index contributed by atoms with van der Waals surface area (Å²) in [7, 11) is 1.63. The lowest BCUT2D eigenvalue weighted by atomic mass is 10.0. The van der Waals surface area contributed by atoms with Crippen molar-refractivity contribution in [2.24, 2.45) is 5.14 Å². The van der Waals surface area contributed by atoms with Gasteiger partial charge in [-0.1, -0.05) is 12.1 Å². The van der Waals surface area contributed by atoms with Crippen molar-refractivity contribution >= 4 is 22.9 Å². The Morgan fingerprint density at radius 3 is 2.54 bits per heavy atom. The largest absolute Gasteiger partial charge is 0.380 e. The second-order valence-corrected chi connectivity index (χ2v) is 9.47. The number of hydrogen-bond donors (Lipinski definition) is 1. The van der Waals surface area contributed by atoms with Gasteiger partial charge in [0.1, 0.15) is 5.82 Å².